The Hall–Kier alpha value is -2.96. The first-order chi connectivity index (χ1) is 13.7. The first-order valence-corrected chi connectivity index (χ1v) is 9.87. The number of pyridine rings is 1. The number of aromatic nitrogens is 5. The molecule has 0 unspecified atom stereocenters. The number of hydrogen-bond donors (Lipinski definition) is 0. The monoisotopic (exact) mass is 378 g/mol. The van der Waals surface area contributed by atoms with Gasteiger partial charge in [-0.3, -0.25) is 14.5 Å². The van der Waals surface area contributed by atoms with Crippen LogP contribution in [0.1, 0.15) is 42.3 Å². The Kier molecular flexibility index (Phi) is 5.50. The van der Waals surface area contributed by atoms with Crippen LogP contribution in [0.4, 0.5) is 0 Å². The van der Waals surface area contributed by atoms with Crippen molar-refractivity contribution in [2.75, 3.05) is 13.1 Å². The van der Waals surface area contributed by atoms with Crippen molar-refractivity contribution in [3.8, 4) is 0 Å². The van der Waals surface area contributed by atoms with Crippen LogP contribution in [-0.2, 0) is 17.9 Å². The smallest absolute Gasteiger partial charge is 0.224 e. The minimum atomic E-state index is 0.197. The average molecular weight is 378 g/mol. The van der Waals surface area contributed by atoms with Crippen molar-refractivity contribution < 1.29 is 4.79 Å². The molecule has 0 spiro atoms. The lowest BCUT2D eigenvalue weighted by atomic mass is 9.96. The highest BCUT2D eigenvalue weighted by molar-refractivity contribution is 5.76. The quantitative estimate of drug-likeness (QED) is 0.661. The highest BCUT2D eigenvalue weighted by atomic mass is 16.2. The molecule has 1 amide bonds. The fourth-order valence-electron chi connectivity index (χ4n) is 3.87. The molecule has 7 heteroatoms. The van der Waals surface area contributed by atoms with Gasteiger partial charge in [-0.25, -0.2) is 4.98 Å². The molecule has 4 heterocycles. The number of carbonyl (C=O) groups is 1. The fraction of sp³-hybridized carbons (Fsp3) is 0.429. The number of hydrogen-bond acceptors (Lipinski definition) is 4. The van der Waals surface area contributed by atoms with Crippen LogP contribution in [-0.4, -0.2) is 48.2 Å². The molecule has 3 aromatic rings. The zero-order valence-corrected chi connectivity index (χ0v) is 16.2. The van der Waals surface area contributed by atoms with E-state index >= 15 is 0 Å². The number of likely N-dealkylation sites (tertiary alicyclic amines) is 1. The lowest BCUT2D eigenvalue weighted by Gasteiger charge is -2.33. The summed E-state index contributed by atoms with van der Waals surface area (Å²) in [5, 5.41) is 4.36. The molecule has 0 aliphatic carbocycles. The number of carbonyl (C=O) groups excluding carboxylic acids is 1. The second-order valence-corrected chi connectivity index (χ2v) is 7.42. The van der Waals surface area contributed by atoms with E-state index in [9.17, 15) is 4.79 Å². The van der Waals surface area contributed by atoms with Gasteiger partial charge in [-0.15, -0.1) is 0 Å². The predicted molar refractivity (Wildman–Crippen MR) is 106 cm³/mol. The molecule has 1 atom stereocenters. The molecule has 4 rings (SSSR count). The predicted octanol–water partition coefficient (Wildman–Crippen LogP) is 2.63. The van der Waals surface area contributed by atoms with E-state index in [2.05, 4.69) is 25.7 Å². The summed E-state index contributed by atoms with van der Waals surface area (Å²) < 4.78 is 4.03. The number of aryl methyl sites for hydroxylation is 2. The van der Waals surface area contributed by atoms with Gasteiger partial charge in [0.1, 0.15) is 5.82 Å². The third-order valence-electron chi connectivity index (χ3n) is 5.29. The summed E-state index contributed by atoms with van der Waals surface area (Å²) in [5.74, 6) is 1.53. The summed E-state index contributed by atoms with van der Waals surface area (Å²) in [6.07, 6.45) is 12.0. The van der Waals surface area contributed by atoms with Crippen LogP contribution in [0.2, 0.25) is 0 Å². The first-order valence-electron chi connectivity index (χ1n) is 9.87. The minimum Gasteiger partial charge on any atom is -0.342 e. The van der Waals surface area contributed by atoms with E-state index in [-0.39, 0.29) is 11.8 Å². The van der Waals surface area contributed by atoms with Crippen LogP contribution in [0, 0.1) is 6.92 Å². The maximum Gasteiger partial charge on any atom is 0.224 e. The van der Waals surface area contributed by atoms with Crippen LogP contribution in [0.5, 0.6) is 0 Å². The van der Waals surface area contributed by atoms with Gasteiger partial charge in [-0.1, -0.05) is 6.07 Å². The highest BCUT2D eigenvalue weighted by Crippen LogP contribution is 2.26. The summed E-state index contributed by atoms with van der Waals surface area (Å²) in [7, 11) is 0. The van der Waals surface area contributed by atoms with Gasteiger partial charge in [0.15, 0.2) is 0 Å². The molecule has 1 saturated heterocycles. The molecule has 0 bridgehead atoms. The Labute approximate surface area is 165 Å². The van der Waals surface area contributed by atoms with Gasteiger partial charge in [-0.2, -0.15) is 5.10 Å². The molecular weight excluding hydrogens is 352 g/mol. The summed E-state index contributed by atoms with van der Waals surface area (Å²) in [5.41, 5.74) is 2.13. The van der Waals surface area contributed by atoms with E-state index in [1.54, 1.807) is 6.20 Å². The second kappa shape index (κ2) is 8.37. The second-order valence-electron chi connectivity index (χ2n) is 7.42. The van der Waals surface area contributed by atoms with Crippen LogP contribution in [0.25, 0.3) is 0 Å². The van der Waals surface area contributed by atoms with E-state index in [4.69, 9.17) is 0 Å². The molecule has 0 N–H and O–H groups in total. The van der Waals surface area contributed by atoms with E-state index in [1.807, 2.05) is 53.4 Å². The van der Waals surface area contributed by atoms with E-state index in [1.165, 1.54) is 0 Å². The van der Waals surface area contributed by atoms with Gasteiger partial charge in [0.05, 0.1) is 12.2 Å². The van der Waals surface area contributed by atoms with Crippen molar-refractivity contribution in [3.63, 3.8) is 0 Å². The zero-order chi connectivity index (χ0) is 19.3. The lowest BCUT2D eigenvalue weighted by molar-refractivity contribution is -0.132. The van der Waals surface area contributed by atoms with Crippen LogP contribution in [0.3, 0.4) is 0 Å². The van der Waals surface area contributed by atoms with Crippen molar-refractivity contribution in [2.24, 2.45) is 0 Å². The van der Waals surface area contributed by atoms with Crippen molar-refractivity contribution in [1.29, 1.82) is 0 Å². The zero-order valence-electron chi connectivity index (χ0n) is 16.2. The Morgan fingerprint density at radius 2 is 2.18 bits per heavy atom. The maximum atomic E-state index is 12.7. The number of nitrogens with zero attached hydrogens (tertiary/aromatic N) is 6. The minimum absolute atomic E-state index is 0.197. The molecule has 0 aromatic carbocycles. The van der Waals surface area contributed by atoms with Crippen molar-refractivity contribution in [2.45, 2.75) is 45.2 Å². The Balaban J connectivity index is 1.38. The van der Waals surface area contributed by atoms with Gasteiger partial charge in [0.2, 0.25) is 5.91 Å². The highest BCUT2D eigenvalue weighted by Gasteiger charge is 2.27. The standard InChI is InChI=1S/C21H26N6O/c1-17-6-11-27(24-17)12-7-20(28)25-10-3-5-19(16-25)21-23-9-13-26(21)15-18-4-2-8-22-14-18/h2,4,6,8-9,11,13-14,19H,3,5,7,10,12,15-16H2,1H3/t19-/m1/s1. The summed E-state index contributed by atoms with van der Waals surface area (Å²) in [6.45, 7) is 4.91. The number of amides is 1. The molecule has 7 nitrogen and oxygen atoms in total. The molecule has 1 aliphatic heterocycles. The van der Waals surface area contributed by atoms with Crippen LogP contribution >= 0.6 is 0 Å². The fourth-order valence-corrected chi connectivity index (χ4v) is 3.87. The SMILES string of the molecule is Cc1ccn(CCC(=O)N2CCC[C@@H](c3nccn3Cc3cccnc3)C2)n1. The normalized spacial score (nSPS) is 17.0. The topological polar surface area (TPSA) is 68.8 Å². The molecule has 0 radical (unpaired) electrons. The molecule has 0 saturated carbocycles. The first kappa shape index (κ1) is 18.4. The Morgan fingerprint density at radius 1 is 1.25 bits per heavy atom. The summed E-state index contributed by atoms with van der Waals surface area (Å²) in [4.78, 5) is 23.5. The third-order valence-corrected chi connectivity index (χ3v) is 5.29. The van der Waals surface area contributed by atoms with Gasteiger partial charge >= 0.3 is 0 Å². The third kappa shape index (κ3) is 4.30. The van der Waals surface area contributed by atoms with Crippen molar-refractivity contribution in [1.82, 2.24) is 29.2 Å². The molecular formula is C21H26N6O. The van der Waals surface area contributed by atoms with Gasteiger partial charge < -0.3 is 9.47 Å². The van der Waals surface area contributed by atoms with E-state index < -0.39 is 0 Å². The van der Waals surface area contributed by atoms with E-state index in [0.29, 0.717) is 13.0 Å². The Morgan fingerprint density at radius 3 is 2.96 bits per heavy atom. The van der Waals surface area contributed by atoms with Crippen molar-refractivity contribution in [3.05, 3.63) is 66.3 Å². The van der Waals surface area contributed by atoms with Gasteiger partial charge in [0.25, 0.3) is 0 Å². The van der Waals surface area contributed by atoms with Crippen molar-refractivity contribution >= 4 is 5.91 Å². The molecule has 1 fully saturated rings. The number of piperidine rings is 1. The largest absolute Gasteiger partial charge is 0.342 e. The molecule has 28 heavy (non-hydrogen) atoms. The van der Waals surface area contributed by atoms with Gasteiger partial charge in [-0.05, 0) is 37.5 Å². The average Bonchev–Trinajstić information content (AvgIpc) is 3.36. The molecule has 3 aromatic heterocycles. The summed E-state index contributed by atoms with van der Waals surface area (Å²) >= 11 is 0. The van der Waals surface area contributed by atoms with Crippen LogP contribution in [0.15, 0.2) is 49.2 Å². The Bertz CT molecular complexity index is 916. The number of imidazole rings is 1. The maximum absolute atomic E-state index is 12.7. The molecule has 146 valence electrons. The van der Waals surface area contributed by atoms with Crippen LogP contribution < -0.4 is 0 Å². The molecule has 1 aliphatic rings. The summed E-state index contributed by atoms with van der Waals surface area (Å²) in [6, 6.07) is 5.99. The van der Waals surface area contributed by atoms with Gasteiger partial charge in [0, 0.05) is 63.0 Å². The lowest BCUT2D eigenvalue weighted by Crippen LogP contribution is -2.40. The van der Waals surface area contributed by atoms with E-state index in [0.717, 1.165) is 49.6 Å². The number of rotatable bonds is 6.